The van der Waals surface area contributed by atoms with E-state index in [9.17, 15) is 18.0 Å². The van der Waals surface area contributed by atoms with Crippen LogP contribution in [0.25, 0.3) is 0 Å². The maximum absolute atomic E-state index is 13.9. The molecule has 0 radical (unpaired) electrons. The zero-order valence-corrected chi connectivity index (χ0v) is 23.6. The Kier molecular flexibility index (Phi) is 8.47. The normalized spacial score (nSPS) is 18.5. The molecule has 8 nitrogen and oxygen atoms in total. The molecule has 0 aromatic heterocycles. The average Bonchev–Trinajstić information content (AvgIpc) is 2.88. The third kappa shape index (κ3) is 6.38. The van der Waals surface area contributed by atoms with Gasteiger partial charge in [-0.3, -0.25) is 9.59 Å². The first-order valence-electron chi connectivity index (χ1n) is 13.5. The standard InChI is InChI=1S/C29H39N3O5S/c1-5-37-27(33)21-15-17-32(18-16-21)25-14-13-22(30-28(34)29(2,3)4)19-26(25)38(35,36)31-24-12-8-10-20-9-6-7-11-23(20)24/h6-7,9,11,13-14,19,21,24,31H,5,8,10,12,15-18H2,1-4H3,(H,30,34)/t24-/m1/s1. The number of sulfonamides is 1. The van der Waals surface area contributed by atoms with Gasteiger partial charge in [-0.15, -0.1) is 0 Å². The SMILES string of the molecule is CCOC(=O)C1CCN(c2ccc(NC(=O)C(C)(C)C)cc2S(=O)(=O)N[C@@H]2CCCc3ccccc32)CC1. The van der Waals surface area contributed by atoms with Gasteiger partial charge in [0.15, 0.2) is 0 Å². The van der Waals surface area contributed by atoms with Gasteiger partial charge in [-0.1, -0.05) is 45.0 Å². The fourth-order valence-corrected chi connectivity index (χ4v) is 6.63. The minimum atomic E-state index is -3.95. The number of anilines is 2. The van der Waals surface area contributed by atoms with Crippen LogP contribution in [0.1, 0.15) is 70.5 Å². The Balaban J connectivity index is 1.65. The lowest BCUT2D eigenvalue weighted by atomic mass is 9.88. The molecule has 1 amide bonds. The van der Waals surface area contributed by atoms with E-state index in [1.165, 1.54) is 5.56 Å². The first-order chi connectivity index (χ1) is 18.0. The van der Waals surface area contributed by atoms with Crippen LogP contribution in [0.3, 0.4) is 0 Å². The summed E-state index contributed by atoms with van der Waals surface area (Å²) in [7, 11) is -3.95. The molecule has 38 heavy (non-hydrogen) atoms. The van der Waals surface area contributed by atoms with Crippen molar-refractivity contribution >= 4 is 33.3 Å². The Morgan fingerprint density at radius 3 is 2.45 bits per heavy atom. The zero-order chi connectivity index (χ0) is 27.5. The number of fused-ring (bicyclic) bond motifs is 1. The van der Waals surface area contributed by atoms with Crippen LogP contribution < -0.4 is 14.9 Å². The van der Waals surface area contributed by atoms with Crippen molar-refractivity contribution in [1.29, 1.82) is 0 Å². The Hall–Kier alpha value is -2.91. The number of hydrogen-bond donors (Lipinski definition) is 2. The number of esters is 1. The van der Waals surface area contributed by atoms with Crippen molar-refractivity contribution < 1.29 is 22.7 Å². The molecule has 206 valence electrons. The van der Waals surface area contributed by atoms with Crippen LogP contribution in [-0.2, 0) is 30.8 Å². The van der Waals surface area contributed by atoms with Crippen molar-refractivity contribution in [2.75, 3.05) is 29.9 Å². The molecule has 4 rings (SSSR count). The summed E-state index contributed by atoms with van der Waals surface area (Å²) in [4.78, 5) is 27.0. The van der Waals surface area contributed by atoms with Crippen molar-refractivity contribution in [2.45, 2.75) is 70.7 Å². The van der Waals surface area contributed by atoms with E-state index in [0.717, 1.165) is 24.8 Å². The molecule has 1 fully saturated rings. The van der Waals surface area contributed by atoms with Gasteiger partial charge in [0.25, 0.3) is 0 Å². The zero-order valence-electron chi connectivity index (χ0n) is 22.7. The largest absolute Gasteiger partial charge is 0.466 e. The van der Waals surface area contributed by atoms with E-state index in [1.54, 1.807) is 25.1 Å². The number of piperidine rings is 1. The number of hydrogen-bond acceptors (Lipinski definition) is 6. The quantitative estimate of drug-likeness (QED) is 0.488. The maximum Gasteiger partial charge on any atom is 0.309 e. The fraction of sp³-hybridized carbons (Fsp3) is 0.517. The summed E-state index contributed by atoms with van der Waals surface area (Å²) >= 11 is 0. The second-order valence-electron chi connectivity index (χ2n) is 11.2. The van der Waals surface area contributed by atoms with Crippen LogP contribution in [0.2, 0.25) is 0 Å². The topological polar surface area (TPSA) is 105 Å². The molecule has 2 aromatic rings. The van der Waals surface area contributed by atoms with Crippen LogP contribution in [0.5, 0.6) is 0 Å². The van der Waals surface area contributed by atoms with Crippen LogP contribution in [0, 0.1) is 11.3 Å². The molecule has 0 saturated carbocycles. The van der Waals surface area contributed by atoms with Crippen molar-refractivity contribution in [3.05, 3.63) is 53.6 Å². The summed E-state index contributed by atoms with van der Waals surface area (Å²) in [6, 6.07) is 12.7. The monoisotopic (exact) mass is 541 g/mol. The smallest absolute Gasteiger partial charge is 0.309 e. The molecule has 1 aliphatic carbocycles. The number of benzene rings is 2. The first-order valence-corrected chi connectivity index (χ1v) is 14.9. The summed E-state index contributed by atoms with van der Waals surface area (Å²) in [5.74, 6) is -0.579. The van der Waals surface area contributed by atoms with E-state index in [0.29, 0.717) is 43.9 Å². The molecule has 2 N–H and O–H groups in total. The third-order valence-corrected chi connectivity index (χ3v) is 8.81. The highest BCUT2D eigenvalue weighted by molar-refractivity contribution is 7.89. The van der Waals surface area contributed by atoms with Gasteiger partial charge in [-0.05, 0) is 68.4 Å². The van der Waals surface area contributed by atoms with Gasteiger partial charge < -0.3 is 15.0 Å². The maximum atomic E-state index is 13.9. The van der Waals surface area contributed by atoms with Gasteiger partial charge in [-0.2, -0.15) is 0 Å². The lowest BCUT2D eigenvalue weighted by molar-refractivity contribution is -0.148. The summed E-state index contributed by atoms with van der Waals surface area (Å²) in [6.45, 7) is 8.64. The molecule has 0 unspecified atom stereocenters. The first kappa shape index (κ1) is 28.1. The highest BCUT2D eigenvalue weighted by atomic mass is 32.2. The van der Waals surface area contributed by atoms with Crippen LogP contribution >= 0.6 is 0 Å². The highest BCUT2D eigenvalue weighted by Gasteiger charge is 2.32. The Morgan fingerprint density at radius 1 is 1.05 bits per heavy atom. The van der Waals surface area contributed by atoms with E-state index in [2.05, 4.69) is 16.1 Å². The van der Waals surface area contributed by atoms with Gasteiger partial charge in [0, 0.05) is 30.2 Å². The number of amides is 1. The van der Waals surface area contributed by atoms with Crippen molar-refractivity contribution in [3.8, 4) is 0 Å². The number of rotatable bonds is 7. The molecule has 1 heterocycles. The van der Waals surface area contributed by atoms with E-state index in [1.807, 2.05) is 43.9 Å². The van der Waals surface area contributed by atoms with Crippen molar-refractivity contribution in [2.24, 2.45) is 11.3 Å². The highest BCUT2D eigenvalue weighted by Crippen LogP contribution is 2.35. The summed E-state index contributed by atoms with van der Waals surface area (Å²) in [6.07, 6.45) is 3.73. The number of ether oxygens (including phenoxy) is 1. The van der Waals surface area contributed by atoms with Crippen molar-refractivity contribution in [3.63, 3.8) is 0 Å². The van der Waals surface area contributed by atoms with Gasteiger partial charge >= 0.3 is 5.97 Å². The molecular formula is C29H39N3O5S. The molecule has 9 heteroatoms. The van der Waals surface area contributed by atoms with Crippen molar-refractivity contribution in [1.82, 2.24) is 4.72 Å². The number of nitrogens with zero attached hydrogens (tertiary/aromatic N) is 1. The molecule has 2 aromatic carbocycles. The van der Waals surface area contributed by atoms with E-state index < -0.39 is 15.4 Å². The number of carbonyl (C=O) groups is 2. The van der Waals surface area contributed by atoms with E-state index >= 15 is 0 Å². The Bertz CT molecular complexity index is 1280. The van der Waals surface area contributed by atoms with Crippen LogP contribution in [-0.4, -0.2) is 40.0 Å². The predicted octanol–water partition coefficient (Wildman–Crippen LogP) is 4.81. The molecule has 1 aliphatic heterocycles. The van der Waals surface area contributed by atoms with Gasteiger partial charge in [-0.25, -0.2) is 13.1 Å². The number of aryl methyl sites for hydroxylation is 1. The fourth-order valence-electron chi connectivity index (χ4n) is 5.13. The molecule has 1 atom stereocenters. The second-order valence-corrected chi connectivity index (χ2v) is 12.8. The van der Waals surface area contributed by atoms with Gasteiger partial charge in [0.05, 0.1) is 18.2 Å². The molecular weight excluding hydrogens is 502 g/mol. The van der Waals surface area contributed by atoms with E-state index in [4.69, 9.17) is 4.74 Å². The Morgan fingerprint density at radius 2 is 1.76 bits per heavy atom. The van der Waals surface area contributed by atoms with Gasteiger partial charge in [0.1, 0.15) is 4.90 Å². The lowest BCUT2D eigenvalue weighted by Gasteiger charge is -2.34. The van der Waals surface area contributed by atoms with Crippen LogP contribution in [0.4, 0.5) is 11.4 Å². The number of nitrogens with one attached hydrogen (secondary N) is 2. The molecule has 2 aliphatic rings. The third-order valence-electron chi connectivity index (χ3n) is 7.31. The number of carbonyl (C=O) groups excluding carboxylic acids is 2. The molecule has 0 bridgehead atoms. The predicted molar refractivity (Wildman–Crippen MR) is 149 cm³/mol. The van der Waals surface area contributed by atoms with E-state index in [-0.39, 0.29) is 28.7 Å². The van der Waals surface area contributed by atoms with Gasteiger partial charge in [0.2, 0.25) is 15.9 Å². The Labute approximate surface area is 226 Å². The second kappa shape index (κ2) is 11.5. The minimum Gasteiger partial charge on any atom is -0.466 e. The minimum absolute atomic E-state index is 0.127. The molecule has 1 saturated heterocycles. The lowest BCUT2D eigenvalue weighted by Crippen LogP contribution is -2.38. The summed E-state index contributed by atoms with van der Waals surface area (Å²) in [5, 5.41) is 2.87. The summed E-state index contributed by atoms with van der Waals surface area (Å²) < 4.78 is 36.0. The average molecular weight is 542 g/mol. The summed E-state index contributed by atoms with van der Waals surface area (Å²) in [5.41, 5.74) is 2.55. The van der Waals surface area contributed by atoms with Crippen LogP contribution in [0.15, 0.2) is 47.4 Å². The molecule has 0 spiro atoms.